The summed E-state index contributed by atoms with van der Waals surface area (Å²) in [5.41, 5.74) is 4.54. The summed E-state index contributed by atoms with van der Waals surface area (Å²) in [6.07, 6.45) is 2.17. The number of fused-ring (bicyclic) bond motifs is 1. The molecule has 126 valence electrons. The Morgan fingerprint density at radius 1 is 0.846 bits per heavy atom. The molecule has 3 heterocycles. The number of aromatic nitrogens is 4. The standard InChI is InChI=1S/C20H15N5S/c1-2-5-14(6-3-1)15-8-10-16(11-9-15)17-13-18(19-7-4-12-26-19)25-20(21-17)22-23-24-25/h1-13,18H,(H,21,22,24)/t18-/m0/s1. The molecule has 1 aliphatic heterocycles. The molecular weight excluding hydrogens is 342 g/mol. The number of hydrogen-bond acceptors (Lipinski definition) is 5. The fourth-order valence-corrected chi connectivity index (χ4v) is 3.94. The maximum absolute atomic E-state index is 4.13. The number of allylic oxidation sites excluding steroid dienone is 1. The summed E-state index contributed by atoms with van der Waals surface area (Å²) in [5, 5.41) is 17.5. The predicted molar refractivity (Wildman–Crippen MR) is 104 cm³/mol. The Kier molecular flexibility index (Phi) is 3.61. The highest BCUT2D eigenvalue weighted by Gasteiger charge is 2.24. The van der Waals surface area contributed by atoms with E-state index in [4.69, 9.17) is 0 Å². The van der Waals surface area contributed by atoms with Gasteiger partial charge in [0, 0.05) is 10.6 Å². The van der Waals surface area contributed by atoms with E-state index in [0.717, 1.165) is 11.3 Å². The largest absolute Gasteiger partial charge is 0.323 e. The van der Waals surface area contributed by atoms with Gasteiger partial charge >= 0.3 is 0 Å². The summed E-state index contributed by atoms with van der Waals surface area (Å²) < 4.78 is 1.81. The van der Waals surface area contributed by atoms with Crippen LogP contribution < -0.4 is 5.32 Å². The summed E-state index contributed by atoms with van der Waals surface area (Å²) >= 11 is 1.70. The number of nitrogens with zero attached hydrogens (tertiary/aromatic N) is 4. The molecule has 2 aromatic carbocycles. The first kappa shape index (κ1) is 15.0. The highest BCUT2D eigenvalue weighted by Crippen LogP contribution is 2.34. The second-order valence-electron chi connectivity index (χ2n) is 6.06. The molecule has 2 aromatic heterocycles. The first-order chi connectivity index (χ1) is 12.9. The number of thiophene rings is 1. The maximum Gasteiger partial charge on any atom is 0.248 e. The third-order valence-electron chi connectivity index (χ3n) is 4.47. The quantitative estimate of drug-likeness (QED) is 0.588. The van der Waals surface area contributed by atoms with Crippen molar-refractivity contribution in [1.29, 1.82) is 0 Å². The minimum Gasteiger partial charge on any atom is -0.323 e. The third kappa shape index (κ3) is 2.60. The summed E-state index contributed by atoms with van der Waals surface area (Å²) in [6, 6.07) is 23.1. The van der Waals surface area contributed by atoms with E-state index in [9.17, 15) is 0 Å². The fourth-order valence-electron chi connectivity index (χ4n) is 3.16. The van der Waals surface area contributed by atoms with Crippen molar-refractivity contribution in [3.63, 3.8) is 0 Å². The van der Waals surface area contributed by atoms with Crippen molar-refractivity contribution in [3.05, 3.63) is 88.6 Å². The van der Waals surface area contributed by atoms with Crippen molar-refractivity contribution in [1.82, 2.24) is 20.2 Å². The first-order valence-corrected chi connectivity index (χ1v) is 9.22. The van der Waals surface area contributed by atoms with Gasteiger partial charge in [-0.25, -0.2) is 0 Å². The van der Waals surface area contributed by atoms with E-state index < -0.39 is 0 Å². The van der Waals surface area contributed by atoms with Gasteiger partial charge in [-0.1, -0.05) is 65.8 Å². The Hall–Kier alpha value is -3.25. The molecule has 5 rings (SSSR count). The number of hydrogen-bond donors (Lipinski definition) is 1. The van der Waals surface area contributed by atoms with Gasteiger partial charge in [-0.3, -0.25) is 0 Å². The molecule has 0 radical (unpaired) electrons. The van der Waals surface area contributed by atoms with Crippen molar-refractivity contribution in [3.8, 4) is 11.1 Å². The molecule has 0 saturated carbocycles. The summed E-state index contributed by atoms with van der Waals surface area (Å²) in [7, 11) is 0. The van der Waals surface area contributed by atoms with Gasteiger partial charge in [0.05, 0.1) is 0 Å². The zero-order valence-corrected chi connectivity index (χ0v) is 14.6. The highest BCUT2D eigenvalue weighted by molar-refractivity contribution is 7.10. The van der Waals surface area contributed by atoms with E-state index in [1.54, 1.807) is 11.3 Å². The van der Waals surface area contributed by atoms with Crippen molar-refractivity contribution in [2.24, 2.45) is 0 Å². The molecule has 0 fully saturated rings. The Morgan fingerprint density at radius 3 is 2.38 bits per heavy atom. The van der Waals surface area contributed by atoms with E-state index in [0.29, 0.717) is 5.95 Å². The van der Waals surface area contributed by atoms with Crippen molar-refractivity contribution in [2.45, 2.75) is 6.04 Å². The van der Waals surface area contributed by atoms with Gasteiger partial charge in [-0.15, -0.1) is 11.3 Å². The molecule has 0 spiro atoms. The Bertz CT molecular complexity index is 1050. The lowest BCUT2D eigenvalue weighted by molar-refractivity contribution is 0.593. The second kappa shape index (κ2) is 6.24. The molecule has 1 N–H and O–H groups in total. The molecule has 6 heteroatoms. The zero-order chi connectivity index (χ0) is 17.3. The van der Waals surface area contributed by atoms with E-state index >= 15 is 0 Å². The van der Waals surface area contributed by atoms with Gasteiger partial charge in [0.1, 0.15) is 6.04 Å². The summed E-state index contributed by atoms with van der Waals surface area (Å²) in [5.74, 6) is 0.660. The molecule has 1 aliphatic rings. The van der Waals surface area contributed by atoms with Crippen LogP contribution >= 0.6 is 11.3 Å². The van der Waals surface area contributed by atoms with E-state index in [1.165, 1.54) is 16.0 Å². The van der Waals surface area contributed by atoms with Crippen molar-refractivity contribution in [2.75, 3.05) is 5.32 Å². The van der Waals surface area contributed by atoms with Crippen LogP contribution in [0, 0.1) is 0 Å². The third-order valence-corrected chi connectivity index (χ3v) is 5.41. The zero-order valence-electron chi connectivity index (χ0n) is 13.8. The number of anilines is 1. The molecule has 0 aliphatic carbocycles. The molecular formula is C20H15N5S. The smallest absolute Gasteiger partial charge is 0.248 e. The van der Waals surface area contributed by atoms with Crippen LogP contribution in [0.5, 0.6) is 0 Å². The Balaban J connectivity index is 1.52. The molecule has 26 heavy (non-hydrogen) atoms. The van der Waals surface area contributed by atoms with Crippen LogP contribution in [0.15, 0.2) is 78.2 Å². The van der Waals surface area contributed by atoms with Crippen LogP contribution in [0.2, 0.25) is 0 Å². The minimum absolute atomic E-state index is 0.00468. The second-order valence-corrected chi connectivity index (χ2v) is 7.04. The molecule has 4 aromatic rings. The SMILES string of the molecule is C1=C(c2ccc(-c3ccccc3)cc2)Nc2nnnn2[C@@H]1c1cccs1. The van der Waals surface area contributed by atoms with Crippen LogP contribution in [0.3, 0.4) is 0 Å². The monoisotopic (exact) mass is 357 g/mol. The Morgan fingerprint density at radius 2 is 1.62 bits per heavy atom. The normalized spacial score (nSPS) is 15.8. The lowest BCUT2D eigenvalue weighted by atomic mass is 10.0. The highest BCUT2D eigenvalue weighted by atomic mass is 32.1. The van der Waals surface area contributed by atoms with E-state index in [2.05, 4.69) is 86.9 Å². The maximum atomic E-state index is 4.13. The summed E-state index contributed by atoms with van der Waals surface area (Å²) in [4.78, 5) is 1.21. The lowest BCUT2D eigenvalue weighted by Gasteiger charge is -2.22. The van der Waals surface area contributed by atoms with E-state index in [-0.39, 0.29) is 6.04 Å². The Labute approximate surface area is 154 Å². The van der Waals surface area contributed by atoms with Crippen molar-refractivity contribution < 1.29 is 0 Å². The fraction of sp³-hybridized carbons (Fsp3) is 0.0500. The number of rotatable bonds is 3. The average Bonchev–Trinajstić information content (AvgIpc) is 3.40. The van der Waals surface area contributed by atoms with Crippen LogP contribution in [-0.4, -0.2) is 20.2 Å². The molecule has 0 unspecified atom stereocenters. The molecule has 0 saturated heterocycles. The predicted octanol–water partition coefficient (Wildman–Crippen LogP) is 4.46. The van der Waals surface area contributed by atoms with Crippen LogP contribution in [0.4, 0.5) is 5.95 Å². The molecule has 5 nitrogen and oxygen atoms in total. The topological polar surface area (TPSA) is 55.6 Å². The van der Waals surface area contributed by atoms with E-state index in [1.807, 2.05) is 16.8 Å². The summed E-state index contributed by atoms with van der Waals surface area (Å²) in [6.45, 7) is 0. The van der Waals surface area contributed by atoms with Crippen LogP contribution in [-0.2, 0) is 0 Å². The molecule has 0 amide bonds. The minimum atomic E-state index is 0.00468. The molecule has 0 bridgehead atoms. The van der Waals surface area contributed by atoms with Gasteiger partial charge in [-0.05, 0) is 44.6 Å². The van der Waals surface area contributed by atoms with Gasteiger partial charge in [0.2, 0.25) is 5.95 Å². The van der Waals surface area contributed by atoms with Gasteiger partial charge < -0.3 is 5.32 Å². The van der Waals surface area contributed by atoms with Crippen LogP contribution in [0.1, 0.15) is 16.5 Å². The van der Waals surface area contributed by atoms with Gasteiger partial charge in [-0.2, -0.15) is 4.68 Å². The van der Waals surface area contributed by atoms with Gasteiger partial charge in [0.25, 0.3) is 0 Å². The number of tetrazole rings is 1. The molecule has 1 atom stereocenters. The van der Waals surface area contributed by atoms with Crippen LogP contribution in [0.25, 0.3) is 16.8 Å². The lowest BCUT2D eigenvalue weighted by Crippen LogP contribution is -2.19. The first-order valence-electron chi connectivity index (χ1n) is 8.34. The number of nitrogens with one attached hydrogen (secondary N) is 1. The average molecular weight is 357 g/mol. The number of benzene rings is 2. The van der Waals surface area contributed by atoms with Crippen molar-refractivity contribution >= 4 is 23.0 Å². The van der Waals surface area contributed by atoms with Gasteiger partial charge in [0.15, 0.2) is 0 Å².